The summed E-state index contributed by atoms with van der Waals surface area (Å²) in [6.07, 6.45) is 6.16. The molecule has 2 nitrogen and oxygen atoms in total. The number of nitrogens with zero attached hydrogens (tertiary/aromatic N) is 1. The van der Waals surface area contributed by atoms with Gasteiger partial charge in [-0.05, 0) is 51.5 Å². The molecule has 1 heterocycles. The van der Waals surface area contributed by atoms with Gasteiger partial charge in [-0.3, -0.25) is 4.90 Å². The van der Waals surface area contributed by atoms with Gasteiger partial charge in [0, 0.05) is 24.2 Å². The second-order valence-corrected chi connectivity index (χ2v) is 6.58. The largest absolute Gasteiger partial charge is 0.329 e. The monoisotopic (exact) mass is 274 g/mol. The summed E-state index contributed by atoms with van der Waals surface area (Å²) >= 11 is 0. The Morgan fingerprint density at radius 3 is 2.55 bits per heavy atom. The van der Waals surface area contributed by atoms with Crippen molar-refractivity contribution in [2.24, 2.45) is 5.73 Å². The first-order valence-corrected chi connectivity index (χ1v) is 8.13. The maximum absolute atomic E-state index is 6.19. The molecule has 1 aromatic carbocycles. The topological polar surface area (TPSA) is 29.3 Å². The Hall–Kier alpha value is -0.860. The molecule has 0 radical (unpaired) electrons. The van der Waals surface area contributed by atoms with Crippen LogP contribution in [0, 0.1) is 0 Å². The van der Waals surface area contributed by atoms with Gasteiger partial charge in [0.25, 0.3) is 0 Å². The van der Waals surface area contributed by atoms with Crippen molar-refractivity contribution < 1.29 is 0 Å². The molecule has 0 aliphatic carbocycles. The molecule has 1 saturated heterocycles. The molecule has 20 heavy (non-hydrogen) atoms. The third-order valence-electron chi connectivity index (χ3n) is 5.12. The van der Waals surface area contributed by atoms with Gasteiger partial charge in [-0.2, -0.15) is 0 Å². The predicted octanol–water partition coefficient (Wildman–Crippen LogP) is 3.60. The van der Waals surface area contributed by atoms with E-state index < -0.39 is 0 Å². The fourth-order valence-electron chi connectivity index (χ4n) is 3.84. The summed E-state index contributed by atoms with van der Waals surface area (Å²) in [5, 5.41) is 0. The summed E-state index contributed by atoms with van der Waals surface area (Å²) in [4.78, 5) is 2.72. The van der Waals surface area contributed by atoms with Gasteiger partial charge in [-0.15, -0.1) is 0 Å². The maximum Gasteiger partial charge on any atom is 0.0312 e. The minimum Gasteiger partial charge on any atom is -0.329 e. The van der Waals surface area contributed by atoms with Crippen LogP contribution in [-0.2, 0) is 6.42 Å². The molecule has 1 aliphatic rings. The zero-order valence-corrected chi connectivity index (χ0v) is 13.3. The number of nitrogens with two attached hydrogens (primary N) is 1. The van der Waals surface area contributed by atoms with E-state index in [1.807, 2.05) is 0 Å². The van der Waals surface area contributed by atoms with Gasteiger partial charge in [-0.1, -0.05) is 37.3 Å². The Kier molecular flexibility index (Phi) is 5.22. The van der Waals surface area contributed by atoms with E-state index >= 15 is 0 Å². The summed E-state index contributed by atoms with van der Waals surface area (Å²) < 4.78 is 0. The number of hydrogen-bond donors (Lipinski definition) is 1. The van der Waals surface area contributed by atoms with Gasteiger partial charge >= 0.3 is 0 Å². The van der Waals surface area contributed by atoms with Crippen molar-refractivity contribution in [1.29, 1.82) is 0 Å². The second-order valence-electron chi connectivity index (χ2n) is 6.58. The zero-order valence-electron chi connectivity index (χ0n) is 13.3. The predicted molar refractivity (Wildman–Crippen MR) is 86.8 cm³/mol. The molecule has 0 amide bonds. The smallest absolute Gasteiger partial charge is 0.0312 e. The highest BCUT2D eigenvalue weighted by Crippen LogP contribution is 2.35. The average Bonchev–Trinajstić information content (AvgIpc) is 2.87. The molecular formula is C18H30N2. The van der Waals surface area contributed by atoms with Crippen LogP contribution in [0.15, 0.2) is 30.3 Å². The highest BCUT2D eigenvalue weighted by Gasteiger charge is 2.41. The molecule has 0 bridgehead atoms. The van der Waals surface area contributed by atoms with Crippen molar-refractivity contribution in [1.82, 2.24) is 4.90 Å². The quantitative estimate of drug-likeness (QED) is 0.859. The first-order chi connectivity index (χ1) is 9.60. The van der Waals surface area contributed by atoms with Crippen LogP contribution in [0.3, 0.4) is 0 Å². The van der Waals surface area contributed by atoms with Crippen LogP contribution in [0.1, 0.15) is 52.0 Å². The number of rotatable bonds is 6. The van der Waals surface area contributed by atoms with Gasteiger partial charge in [0.15, 0.2) is 0 Å². The highest BCUT2D eigenvalue weighted by molar-refractivity contribution is 5.15. The van der Waals surface area contributed by atoms with Crippen molar-refractivity contribution in [3.05, 3.63) is 35.9 Å². The lowest BCUT2D eigenvalue weighted by Crippen LogP contribution is -2.56. The van der Waals surface area contributed by atoms with E-state index in [1.54, 1.807) is 0 Å². The first-order valence-electron chi connectivity index (χ1n) is 8.13. The lowest BCUT2D eigenvalue weighted by atomic mass is 9.89. The minimum atomic E-state index is 0.131. The van der Waals surface area contributed by atoms with Gasteiger partial charge in [-0.25, -0.2) is 0 Å². The Bertz CT molecular complexity index is 403. The highest BCUT2D eigenvalue weighted by atomic mass is 15.3. The van der Waals surface area contributed by atoms with Crippen LogP contribution in [-0.4, -0.2) is 29.1 Å². The van der Waals surface area contributed by atoms with Crippen LogP contribution >= 0.6 is 0 Å². The van der Waals surface area contributed by atoms with E-state index in [0.717, 1.165) is 19.4 Å². The lowest BCUT2D eigenvalue weighted by molar-refractivity contribution is 0.0528. The molecule has 3 atom stereocenters. The minimum absolute atomic E-state index is 0.131. The molecule has 2 rings (SSSR count). The van der Waals surface area contributed by atoms with Gasteiger partial charge < -0.3 is 5.73 Å². The van der Waals surface area contributed by atoms with E-state index in [2.05, 4.69) is 56.0 Å². The van der Waals surface area contributed by atoms with E-state index in [4.69, 9.17) is 5.73 Å². The molecule has 1 aromatic rings. The molecule has 1 fully saturated rings. The fourth-order valence-corrected chi connectivity index (χ4v) is 3.84. The summed E-state index contributed by atoms with van der Waals surface area (Å²) in [7, 11) is 0. The van der Waals surface area contributed by atoms with Gasteiger partial charge in [0.2, 0.25) is 0 Å². The summed E-state index contributed by atoms with van der Waals surface area (Å²) in [5.74, 6) is 0. The third kappa shape index (κ3) is 3.24. The Morgan fingerprint density at radius 1 is 1.25 bits per heavy atom. The van der Waals surface area contributed by atoms with Crippen LogP contribution in [0.4, 0.5) is 0 Å². The van der Waals surface area contributed by atoms with Crippen LogP contribution in [0.5, 0.6) is 0 Å². The van der Waals surface area contributed by atoms with Crippen molar-refractivity contribution >= 4 is 0 Å². The zero-order chi connectivity index (χ0) is 14.6. The molecule has 2 heteroatoms. The molecule has 0 aromatic heterocycles. The van der Waals surface area contributed by atoms with Crippen molar-refractivity contribution in [2.45, 2.75) is 70.5 Å². The first kappa shape index (κ1) is 15.5. The molecule has 1 aliphatic heterocycles. The van der Waals surface area contributed by atoms with Crippen molar-refractivity contribution in [3.63, 3.8) is 0 Å². The second kappa shape index (κ2) is 6.73. The van der Waals surface area contributed by atoms with Crippen LogP contribution < -0.4 is 5.73 Å². The van der Waals surface area contributed by atoms with E-state index in [1.165, 1.54) is 24.8 Å². The summed E-state index contributed by atoms with van der Waals surface area (Å²) in [6, 6.07) is 12.2. The van der Waals surface area contributed by atoms with Crippen LogP contribution in [0.2, 0.25) is 0 Å². The molecule has 3 unspecified atom stereocenters. The van der Waals surface area contributed by atoms with E-state index in [0.29, 0.717) is 12.1 Å². The van der Waals surface area contributed by atoms with Crippen molar-refractivity contribution in [3.8, 4) is 0 Å². The molecule has 0 spiro atoms. The third-order valence-corrected chi connectivity index (χ3v) is 5.12. The summed E-state index contributed by atoms with van der Waals surface area (Å²) in [6.45, 7) is 7.79. The molecule has 112 valence electrons. The van der Waals surface area contributed by atoms with Gasteiger partial charge in [0.05, 0.1) is 0 Å². The Labute approximate surface area is 124 Å². The maximum atomic E-state index is 6.19. The molecule has 2 N–H and O–H groups in total. The van der Waals surface area contributed by atoms with E-state index in [9.17, 15) is 0 Å². The van der Waals surface area contributed by atoms with E-state index in [-0.39, 0.29) is 5.54 Å². The SMILES string of the molecule is CCC1CCC(C)N1C(C)(CN)CCc1ccccc1. The Morgan fingerprint density at radius 2 is 1.95 bits per heavy atom. The van der Waals surface area contributed by atoms with Crippen molar-refractivity contribution in [2.75, 3.05) is 6.54 Å². The Balaban J connectivity index is 2.08. The number of hydrogen-bond acceptors (Lipinski definition) is 2. The number of benzene rings is 1. The summed E-state index contributed by atoms with van der Waals surface area (Å²) in [5.41, 5.74) is 7.74. The van der Waals surface area contributed by atoms with Crippen LogP contribution in [0.25, 0.3) is 0 Å². The molecular weight excluding hydrogens is 244 g/mol. The average molecular weight is 274 g/mol. The number of aryl methyl sites for hydroxylation is 1. The lowest BCUT2D eigenvalue weighted by Gasteiger charge is -2.44. The number of likely N-dealkylation sites (tertiary alicyclic amines) is 1. The van der Waals surface area contributed by atoms with Gasteiger partial charge in [0.1, 0.15) is 0 Å². The normalized spacial score (nSPS) is 26.6. The standard InChI is InChI=1S/C18H30N2/c1-4-17-11-10-15(2)20(17)18(3,14-19)13-12-16-8-6-5-7-9-16/h5-9,15,17H,4,10-14,19H2,1-3H3. The molecule has 0 saturated carbocycles. The fraction of sp³-hybridized carbons (Fsp3) is 0.667.